The Labute approximate surface area is 142 Å². The van der Waals surface area contributed by atoms with Gasteiger partial charge in [0.15, 0.2) is 0 Å². The lowest BCUT2D eigenvalue weighted by molar-refractivity contribution is 0.0199. The Morgan fingerprint density at radius 3 is 2.70 bits per heavy atom. The molecule has 1 aliphatic rings. The van der Waals surface area contributed by atoms with Crippen molar-refractivity contribution in [3.63, 3.8) is 0 Å². The monoisotopic (exact) mass is 338 g/mol. The Bertz CT molecular complexity index is 577. The van der Waals surface area contributed by atoms with Crippen molar-refractivity contribution >= 4 is 23.3 Å². The summed E-state index contributed by atoms with van der Waals surface area (Å²) in [4.78, 5) is 29.1. The molecule has 0 N–H and O–H groups in total. The van der Waals surface area contributed by atoms with E-state index in [0.29, 0.717) is 13.1 Å². The first-order chi connectivity index (χ1) is 10.7. The van der Waals surface area contributed by atoms with Crippen LogP contribution in [0.3, 0.4) is 0 Å². The van der Waals surface area contributed by atoms with Gasteiger partial charge < -0.3 is 14.5 Å². The largest absolute Gasteiger partial charge is 0.444 e. The highest BCUT2D eigenvalue weighted by molar-refractivity contribution is 7.12. The summed E-state index contributed by atoms with van der Waals surface area (Å²) in [6.07, 6.45) is 1.57. The van der Waals surface area contributed by atoms with E-state index in [-0.39, 0.29) is 18.0 Å². The summed E-state index contributed by atoms with van der Waals surface area (Å²) in [5.74, 6) is 0.0218. The van der Waals surface area contributed by atoms with E-state index in [0.717, 1.165) is 23.3 Å². The van der Waals surface area contributed by atoms with Crippen LogP contribution in [0.25, 0.3) is 0 Å². The molecule has 0 saturated carbocycles. The van der Waals surface area contributed by atoms with Gasteiger partial charge in [-0.15, -0.1) is 11.3 Å². The molecule has 0 bridgehead atoms. The van der Waals surface area contributed by atoms with Gasteiger partial charge in [-0.2, -0.15) is 0 Å². The van der Waals surface area contributed by atoms with Crippen LogP contribution in [-0.4, -0.2) is 53.6 Å². The fraction of sp³-hybridized carbons (Fsp3) is 0.647. The van der Waals surface area contributed by atoms with Gasteiger partial charge in [0, 0.05) is 20.1 Å². The van der Waals surface area contributed by atoms with Crippen LogP contribution in [0.1, 0.15) is 48.8 Å². The molecular formula is C17H26N2O3S. The quantitative estimate of drug-likeness (QED) is 0.847. The molecule has 0 aliphatic carbocycles. The highest BCUT2D eigenvalue weighted by atomic mass is 32.1. The summed E-state index contributed by atoms with van der Waals surface area (Å²) in [5, 5.41) is 1.93. The average molecular weight is 338 g/mol. The van der Waals surface area contributed by atoms with E-state index in [1.165, 1.54) is 11.3 Å². The van der Waals surface area contributed by atoms with Crippen molar-refractivity contribution in [3.8, 4) is 0 Å². The second-order valence-electron chi connectivity index (χ2n) is 7.09. The normalized spacial score (nSPS) is 18.1. The van der Waals surface area contributed by atoms with E-state index < -0.39 is 5.60 Å². The van der Waals surface area contributed by atoms with Crippen LogP contribution in [-0.2, 0) is 4.74 Å². The number of hydrogen-bond donors (Lipinski definition) is 0. The fourth-order valence-electron chi connectivity index (χ4n) is 2.75. The van der Waals surface area contributed by atoms with Gasteiger partial charge in [-0.3, -0.25) is 4.79 Å². The molecule has 2 heterocycles. The third kappa shape index (κ3) is 4.47. The molecule has 1 atom stereocenters. The molecule has 0 radical (unpaired) electrons. The van der Waals surface area contributed by atoms with Gasteiger partial charge in [-0.1, -0.05) is 0 Å². The standard InChI is InChI=1S/C17H26N2O3S/c1-12-8-10-23-14(12)15(20)18(5)11-13-7-6-9-19(13)16(21)22-17(2,3)4/h8,10,13H,6-7,9,11H2,1-5H3. The molecule has 1 unspecified atom stereocenters. The topological polar surface area (TPSA) is 49.9 Å². The van der Waals surface area contributed by atoms with Crippen LogP contribution in [0.15, 0.2) is 11.4 Å². The van der Waals surface area contributed by atoms with Crippen molar-refractivity contribution in [2.24, 2.45) is 0 Å². The molecule has 1 aliphatic heterocycles. The first-order valence-corrected chi connectivity index (χ1v) is 8.86. The lowest BCUT2D eigenvalue weighted by atomic mass is 10.2. The van der Waals surface area contributed by atoms with Gasteiger partial charge in [0.25, 0.3) is 5.91 Å². The van der Waals surface area contributed by atoms with Crippen LogP contribution in [0.5, 0.6) is 0 Å². The Morgan fingerprint density at radius 2 is 2.13 bits per heavy atom. The molecule has 1 fully saturated rings. The summed E-state index contributed by atoms with van der Waals surface area (Å²) in [5.41, 5.74) is 0.502. The fourth-order valence-corrected chi connectivity index (χ4v) is 3.67. The molecule has 1 aromatic rings. The smallest absolute Gasteiger partial charge is 0.410 e. The van der Waals surface area contributed by atoms with E-state index in [4.69, 9.17) is 4.74 Å². The summed E-state index contributed by atoms with van der Waals surface area (Å²) in [7, 11) is 1.80. The van der Waals surface area contributed by atoms with E-state index in [1.54, 1.807) is 16.8 Å². The summed E-state index contributed by atoms with van der Waals surface area (Å²) in [6, 6.07) is 1.98. The van der Waals surface area contributed by atoms with E-state index in [9.17, 15) is 9.59 Å². The number of hydrogen-bond acceptors (Lipinski definition) is 4. The maximum absolute atomic E-state index is 12.5. The lowest BCUT2D eigenvalue weighted by Gasteiger charge is -2.30. The molecule has 23 heavy (non-hydrogen) atoms. The molecule has 1 aromatic heterocycles. The van der Waals surface area contributed by atoms with Gasteiger partial charge >= 0.3 is 6.09 Å². The van der Waals surface area contributed by atoms with E-state index in [1.807, 2.05) is 39.1 Å². The molecule has 0 spiro atoms. The number of ether oxygens (including phenoxy) is 1. The highest BCUT2D eigenvalue weighted by Gasteiger charge is 2.33. The van der Waals surface area contributed by atoms with Gasteiger partial charge in [-0.25, -0.2) is 4.79 Å². The van der Waals surface area contributed by atoms with Gasteiger partial charge in [0.05, 0.1) is 10.9 Å². The molecular weight excluding hydrogens is 312 g/mol. The maximum atomic E-state index is 12.5. The van der Waals surface area contributed by atoms with Crippen molar-refractivity contribution in [2.45, 2.75) is 52.2 Å². The van der Waals surface area contributed by atoms with Crippen molar-refractivity contribution < 1.29 is 14.3 Å². The lowest BCUT2D eigenvalue weighted by Crippen LogP contribution is -2.45. The molecule has 0 aromatic carbocycles. The van der Waals surface area contributed by atoms with Gasteiger partial charge in [0.2, 0.25) is 0 Å². The number of aryl methyl sites for hydroxylation is 1. The number of likely N-dealkylation sites (tertiary alicyclic amines) is 1. The number of nitrogens with zero attached hydrogens (tertiary/aromatic N) is 2. The molecule has 2 amide bonds. The number of rotatable bonds is 3. The Balaban J connectivity index is 1.99. The maximum Gasteiger partial charge on any atom is 0.410 e. The van der Waals surface area contributed by atoms with Crippen molar-refractivity contribution in [1.29, 1.82) is 0 Å². The average Bonchev–Trinajstić information content (AvgIpc) is 3.04. The number of thiophene rings is 1. The zero-order chi connectivity index (χ0) is 17.2. The number of amides is 2. The summed E-state index contributed by atoms with van der Waals surface area (Å²) >= 11 is 1.46. The Hall–Kier alpha value is -1.56. The van der Waals surface area contributed by atoms with Crippen LogP contribution in [0, 0.1) is 6.92 Å². The molecule has 2 rings (SSSR count). The van der Waals surface area contributed by atoms with Crippen molar-refractivity contribution in [2.75, 3.05) is 20.1 Å². The first kappa shape index (κ1) is 17.8. The molecule has 6 heteroatoms. The Kier molecular flexibility index (Phi) is 5.34. The van der Waals surface area contributed by atoms with Crippen molar-refractivity contribution in [3.05, 3.63) is 21.9 Å². The van der Waals surface area contributed by atoms with Crippen LogP contribution < -0.4 is 0 Å². The minimum absolute atomic E-state index is 0.0218. The number of likely N-dealkylation sites (N-methyl/N-ethyl adjacent to an activating group) is 1. The van der Waals surface area contributed by atoms with Crippen molar-refractivity contribution in [1.82, 2.24) is 9.80 Å². The zero-order valence-corrected chi connectivity index (χ0v) is 15.4. The predicted octanol–water partition coefficient (Wildman–Crippen LogP) is 3.53. The van der Waals surface area contributed by atoms with E-state index >= 15 is 0 Å². The van der Waals surface area contributed by atoms with Crippen LogP contribution >= 0.6 is 11.3 Å². The first-order valence-electron chi connectivity index (χ1n) is 7.98. The summed E-state index contributed by atoms with van der Waals surface area (Å²) in [6.45, 7) is 8.77. The molecule has 1 saturated heterocycles. The predicted molar refractivity (Wildman–Crippen MR) is 92.0 cm³/mol. The third-order valence-electron chi connectivity index (χ3n) is 3.89. The third-order valence-corrected chi connectivity index (χ3v) is 4.90. The minimum atomic E-state index is -0.500. The molecule has 5 nitrogen and oxygen atoms in total. The van der Waals surface area contributed by atoms with Gasteiger partial charge in [0.1, 0.15) is 5.60 Å². The van der Waals surface area contributed by atoms with E-state index in [2.05, 4.69) is 0 Å². The number of carbonyl (C=O) groups excluding carboxylic acids is 2. The Morgan fingerprint density at radius 1 is 1.43 bits per heavy atom. The van der Waals surface area contributed by atoms with Crippen LogP contribution in [0.2, 0.25) is 0 Å². The zero-order valence-electron chi connectivity index (χ0n) is 14.6. The number of carbonyl (C=O) groups is 2. The SMILES string of the molecule is Cc1ccsc1C(=O)N(C)CC1CCCN1C(=O)OC(C)(C)C. The second-order valence-corrected chi connectivity index (χ2v) is 8.00. The second kappa shape index (κ2) is 6.91. The van der Waals surface area contributed by atoms with Gasteiger partial charge in [-0.05, 0) is 57.5 Å². The molecule has 128 valence electrons. The summed E-state index contributed by atoms with van der Waals surface area (Å²) < 4.78 is 5.47. The minimum Gasteiger partial charge on any atom is -0.444 e. The highest BCUT2D eigenvalue weighted by Crippen LogP contribution is 2.23. The van der Waals surface area contributed by atoms with Crippen LogP contribution in [0.4, 0.5) is 4.79 Å².